The predicted molar refractivity (Wildman–Crippen MR) is 78.0 cm³/mol. The maximum absolute atomic E-state index is 12.3. The van der Waals surface area contributed by atoms with E-state index in [1.807, 2.05) is 25.1 Å². The van der Waals surface area contributed by atoms with Crippen LogP contribution < -0.4 is 10.4 Å². The van der Waals surface area contributed by atoms with Gasteiger partial charge in [-0.05, 0) is 43.5 Å². The van der Waals surface area contributed by atoms with Crippen LogP contribution in [0.1, 0.15) is 31.2 Å². The first-order chi connectivity index (χ1) is 9.49. The van der Waals surface area contributed by atoms with Gasteiger partial charge in [0.05, 0.1) is 0 Å². The second-order valence-corrected chi connectivity index (χ2v) is 6.18. The first-order valence-corrected chi connectivity index (χ1v) is 7.56. The standard InChI is InChI=1S/C15H18BrNO3/c1-9-8-10(16)6-7-13(9)17-14(18)11-4-2-3-5-12(11)15(19)20/h6-8,11-12H,2-5H2,1H3,(H,17,18)(H,19,20)/p-1/t11-,12-/m1/s1. The van der Waals surface area contributed by atoms with Crippen molar-refractivity contribution in [3.05, 3.63) is 28.2 Å². The highest BCUT2D eigenvalue weighted by atomic mass is 79.9. The molecule has 1 aliphatic rings. The lowest BCUT2D eigenvalue weighted by atomic mass is 9.78. The number of amides is 1. The van der Waals surface area contributed by atoms with Crippen molar-refractivity contribution in [2.75, 3.05) is 5.32 Å². The number of carbonyl (C=O) groups excluding carboxylic acids is 2. The summed E-state index contributed by atoms with van der Waals surface area (Å²) in [5.74, 6) is -2.49. The molecule has 0 aliphatic heterocycles. The minimum absolute atomic E-state index is 0.218. The quantitative estimate of drug-likeness (QED) is 0.918. The van der Waals surface area contributed by atoms with Crippen molar-refractivity contribution in [3.63, 3.8) is 0 Å². The Labute approximate surface area is 126 Å². The van der Waals surface area contributed by atoms with E-state index in [1.54, 1.807) is 0 Å². The number of nitrogens with one attached hydrogen (secondary N) is 1. The Morgan fingerprint density at radius 3 is 2.50 bits per heavy atom. The molecule has 4 nitrogen and oxygen atoms in total. The number of carboxylic acid groups (broad SMARTS) is 1. The predicted octanol–water partition coefficient (Wildman–Crippen LogP) is 2.25. The first kappa shape index (κ1) is 15.0. The van der Waals surface area contributed by atoms with E-state index in [0.29, 0.717) is 12.8 Å². The number of rotatable bonds is 3. The monoisotopic (exact) mass is 338 g/mol. The second kappa shape index (κ2) is 6.39. The van der Waals surface area contributed by atoms with E-state index in [4.69, 9.17) is 0 Å². The molecule has 2 rings (SSSR count). The van der Waals surface area contributed by atoms with Crippen LogP contribution in [0.4, 0.5) is 5.69 Å². The third-order valence-electron chi connectivity index (χ3n) is 3.85. The van der Waals surface area contributed by atoms with Crippen molar-refractivity contribution in [2.24, 2.45) is 11.8 Å². The third-order valence-corrected chi connectivity index (χ3v) is 4.35. The van der Waals surface area contributed by atoms with Gasteiger partial charge in [-0.1, -0.05) is 28.8 Å². The Balaban J connectivity index is 2.12. The normalized spacial score (nSPS) is 22.3. The summed E-state index contributed by atoms with van der Waals surface area (Å²) in [6, 6.07) is 5.57. The number of benzene rings is 1. The number of aliphatic carboxylic acids is 1. The van der Waals surface area contributed by atoms with Gasteiger partial charge in [-0.15, -0.1) is 0 Å². The van der Waals surface area contributed by atoms with Gasteiger partial charge in [-0.3, -0.25) is 4.79 Å². The molecule has 0 saturated heterocycles. The average Bonchev–Trinajstić information content (AvgIpc) is 2.41. The molecule has 0 radical (unpaired) electrons. The van der Waals surface area contributed by atoms with Crippen LogP contribution in [0, 0.1) is 18.8 Å². The molecule has 0 unspecified atom stereocenters. The van der Waals surface area contributed by atoms with Crippen molar-refractivity contribution in [2.45, 2.75) is 32.6 Å². The molecular formula is C15H17BrNO3-. The zero-order valence-electron chi connectivity index (χ0n) is 11.3. The number of hydrogen-bond donors (Lipinski definition) is 1. The van der Waals surface area contributed by atoms with Crippen LogP contribution in [0.2, 0.25) is 0 Å². The number of hydrogen-bond acceptors (Lipinski definition) is 3. The van der Waals surface area contributed by atoms with Crippen LogP contribution in [0.25, 0.3) is 0 Å². The van der Waals surface area contributed by atoms with Crippen LogP contribution >= 0.6 is 15.9 Å². The molecule has 1 saturated carbocycles. The van der Waals surface area contributed by atoms with Gasteiger partial charge in [0.25, 0.3) is 0 Å². The summed E-state index contributed by atoms with van der Waals surface area (Å²) in [7, 11) is 0. The molecule has 0 aromatic heterocycles. The molecule has 1 aromatic rings. The summed E-state index contributed by atoms with van der Waals surface area (Å²) in [6.07, 6.45) is 2.88. The average molecular weight is 339 g/mol. The van der Waals surface area contributed by atoms with E-state index in [2.05, 4.69) is 21.2 Å². The topological polar surface area (TPSA) is 69.2 Å². The van der Waals surface area contributed by atoms with E-state index in [9.17, 15) is 14.7 Å². The van der Waals surface area contributed by atoms with Crippen LogP contribution in [-0.4, -0.2) is 11.9 Å². The fraction of sp³-hybridized carbons (Fsp3) is 0.467. The first-order valence-electron chi connectivity index (χ1n) is 6.77. The molecule has 108 valence electrons. The van der Waals surface area contributed by atoms with Crippen LogP contribution in [0.3, 0.4) is 0 Å². The summed E-state index contributed by atoms with van der Waals surface area (Å²) in [6.45, 7) is 1.90. The molecule has 2 atom stereocenters. The molecule has 0 heterocycles. The summed E-state index contributed by atoms with van der Waals surface area (Å²) < 4.78 is 0.943. The van der Waals surface area contributed by atoms with Crippen molar-refractivity contribution in [3.8, 4) is 0 Å². The van der Waals surface area contributed by atoms with Gasteiger partial charge in [0, 0.05) is 28.0 Å². The Morgan fingerprint density at radius 2 is 1.90 bits per heavy atom. The Bertz CT molecular complexity index is 530. The minimum Gasteiger partial charge on any atom is -0.550 e. The number of carboxylic acids is 1. The zero-order chi connectivity index (χ0) is 14.7. The number of halogens is 1. The molecule has 1 fully saturated rings. The summed E-state index contributed by atoms with van der Waals surface area (Å²) >= 11 is 3.37. The molecule has 5 heteroatoms. The van der Waals surface area contributed by atoms with Gasteiger partial charge in [0.1, 0.15) is 0 Å². The van der Waals surface area contributed by atoms with Gasteiger partial charge in [0.2, 0.25) is 5.91 Å². The van der Waals surface area contributed by atoms with Crippen LogP contribution in [0.5, 0.6) is 0 Å². The zero-order valence-corrected chi connectivity index (χ0v) is 12.9. The van der Waals surface area contributed by atoms with Crippen molar-refractivity contribution in [1.29, 1.82) is 0 Å². The lowest BCUT2D eigenvalue weighted by Crippen LogP contribution is -2.42. The number of aryl methyl sites for hydroxylation is 1. The summed E-state index contributed by atoms with van der Waals surface area (Å²) in [4.78, 5) is 23.4. The van der Waals surface area contributed by atoms with E-state index < -0.39 is 17.8 Å². The fourth-order valence-electron chi connectivity index (χ4n) is 2.72. The van der Waals surface area contributed by atoms with Gasteiger partial charge in [-0.2, -0.15) is 0 Å². The van der Waals surface area contributed by atoms with Crippen molar-refractivity contribution >= 4 is 33.5 Å². The largest absolute Gasteiger partial charge is 0.550 e. The molecule has 1 N–H and O–H groups in total. The van der Waals surface area contributed by atoms with Gasteiger partial charge < -0.3 is 15.2 Å². The smallest absolute Gasteiger partial charge is 0.228 e. The van der Waals surface area contributed by atoms with Crippen molar-refractivity contribution < 1.29 is 14.7 Å². The Kier molecular flexibility index (Phi) is 4.81. The van der Waals surface area contributed by atoms with Gasteiger partial charge >= 0.3 is 0 Å². The van der Waals surface area contributed by atoms with Crippen molar-refractivity contribution in [1.82, 2.24) is 0 Å². The highest BCUT2D eigenvalue weighted by Gasteiger charge is 2.31. The lowest BCUT2D eigenvalue weighted by molar-refractivity contribution is -0.313. The van der Waals surface area contributed by atoms with Crippen LogP contribution in [-0.2, 0) is 9.59 Å². The molecule has 20 heavy (non-hydrogen) atoms. The molecule has 1 aromatic carbocycles. The number of anilines is 1. The maximum atomic E-state index is 12.3. The summed E-state index contributed by atoms with van der Waals surface area (Å²) in [5.41, 5.74) is 1.66. The maximum Gasteiger partial charge on any atom is 0.228 e. The van der Waals surface area contributed by atoms with Gasteiger partial charge in [-0.25, -0.2) is 0 Å². The van der Waals surface area contributed by atoms with E-state index >= 15 is 0 Å². The van der Waals surface area contributed by atoms with Gasteiger partial charge in [0.15, 0.2) is 0 Å². The second-order valence-electron chi connectivity index (χ2n) is 5.26. The third kappa shape index (κ3) is 3.39. The molecule has 0 spiro atoms. The van der Waals surface area contributed by atoms with E-state index in [-0.39, 0.29) is 5.91 Å². The van der Waals surface area contributed by atoms with E-state index in [0.717, 1.165) is 28.6 Å². The minimum atomic E-state index is -1.11. The number of carbonyl (C=O) groups is 2. The Morgan fingerprint density at radius 1 is 1.25 bits per heavy atom. The Hall–Kier alpha value is -1.36. The summed E-state index contributed by atoms with van der Waals surface area (Å²) in [5, 5.41) is 14.0. The van der Waals surface area contributed by atoms with E-state index in [1.165, 1.54) is 0 Å². The van der Waals surface area contributed by atoms with Crippen LogP contribution in [0.15, 0.2) is 22.7 Å². The molecule has 0 bridgehead atoms. The fourth-order valence-corrected chi connectivity index (χ4v) is 3.20. The molecular weight excluding hydrogens is 322 g/mol. The SMILES string of the molecule is Cc1cc(Br)ccc1NC(=O)[C@@H]1CCCC[C@H]1C(=O)[O-]. The molecule has 1 amide bonds. The lowest BCUT2D eigenvalue weighted by Gasteiger charge is -2.31. The highest BCUT2D eigenvalue weighted by molar-refractivity contribution is 9.10. The molecule has 1 aliphatic carbocycles. The highest BCUT2D eigenvalue weighted by Crippen LogP contribution is 2.31.